The first-order valence-corrected chi connectivity index (χ1v) is 10.4. The number of hydrogen-bond acceptors (Lipinski definition) is 8. The van der Waals surface area contributed by atoms with Crippen molar-refractivity contribution in [3.8, 4) is 0 Å². The molecule has 2 amide bonds. The van der Waals surface area contributed by atoms with Crippen LogP contribution in [0, 0.1) is 5.82 Å². The van der Waals surface area contributed by atoms with Crippen molar-refractivity contribution in [2.24, 2.45) is 7.05 Å². The number of aromatic nitrogens is 5. The van der Waals surface area contributed by atoms with E-state index in [9.17, 15) is 14.0 Å². The maximum absolute atomic E-state index is 12.9. The van der Waals surface area contributed by atoms with E-state index in [2.05, 4.69) is 31.0 Å². The largest absolute Gasteiger partial charge is 0.326 e. The lowest BCUT2D eigenvalue weighted by Crippen LogP contribution is -2.17. The summed E-state index contributed by atoms with van der Waals surface area (Å²) < 4.78 is 14.6. The predicted octanol–water partition coefficient (Wildman–Crippen LogP) is 2.28. The van der Waals surface area contributed by atoms with Gasteiger partial charge in [-0.1, -0.05) is 30.0 Å². The molecule has 0 saturated heterocycles. The Hall–Kier alpha value is -2.86. The number of nitrogens with zero attached hydrogens (tertiary/aromatic N) is 5. The lowest BCUT2D eigenvalue weighted by Gasteiger charge is -2.06. The Morgan fingerprint density at radius 1 is 1.10 bits per heavy atom. The van der Waals surface area contributed by atoms with Crippen LogP contribution in [0.2, 0.25) is 0 Å². The molecule has 3 aromatic rings. The Labute approximate surface area is 174 Å². The van der Waals surface area contributed by atoms with Crippen LogP contribution >= 0.6 is 23.1 Å². The van der Waals surface area contributed by atoms with E-state index in [1.807, 2.05) is 6.92 Å². The summed E-state index contributed by atoms with van der Waals surface area (Å²) in [7, 11) is 1.72. The van der Waals surface area contributed by atoms with Gasteiger partial charge in [-0.25, -0.2) is 4.39 Å². The van der Waals surface area contributed by atoms with E-state index in [4.69, 9.17) is 0 Å². The summed E-state index contributed by atoms with van der Waals surface area (Å²) in [4.78, 5) is 24.2. The maximum atomic E-state index is 12.9. The summed E-state index contributed by atoms with van der Waals surface area (Å²) >= 11 is 2.54. The van der Waals surface area contributed by atoms with Crippen LogP contribution in [0.25, 0.3) is 0 Å². The minimum Gasteiger partial charge on any atom is -0.326 e. The molecule has 0 spiro atoms. The van der Waals surface area contributed by atoms with Gasteiger partial charge in [0.15, 0.2) is 5.16 Å². The summed E-state index contributed by atoms with van der Waals surface area (Å²) in [5.74, 6) is -0.339. The van der Waals surface area contributed by atoms with Crippen molar-refractivity contribution in [2.75, 3.05) is 16.4 Å². The number of rotatable bonds is 8. The second-order valence-corrected chi connectivity index (χ2v) is 7.89. The Balaban J connectivity index is 1.51. The van der Waals surface area contributed by atoms with Crippen LogP contribution < -0.4 is 10.6 Å². The van der Waals surface area contributed by atoms with Crippen molar-refractivity contribution in [1.29, 1.82) is 0 Å². The summed E-state index contributed by atoms with van der Waals surface area (Å²) in [6, 6.07) is 5.49. The number of carbonyl (C=O) groups is 2. The zero-order chi connectivity index (χ0) is 20.8. The molecule has 0 unspecified atom stereocenters. The minimum atomic E-state index is -0.376. The molecule has 9 nitrogen and oxygen atoms in total. The summed E-state index contributed by atoms with van der Waals surface area (Å²) in [6.07, 6.45) is 0.761. The molecule has 0 bridgehead atoms. The van der Waals surface area contributed by atoms with E-state index in [0.29, 0.717) is 21.8 Å². The Morgan fingerprint density at radius 2 is 1.86 bits per heavy atom. The molecule has 0 saturated carbocycles. The molecule has 2 N–H and O–H groups in total. The van der Waals surface area contributed by atoms with E-state index in [0.717, 1.165) is 11.4 Å². The van der Waals surface area contributed by atoms with Crippen LogP contribution in [-0.4, -0.2) is 42.5 Å². The summed E-state index contributed by atoms with van der Waals surface area (Å²) in [5, 5.41) is 23.1. The number of halogens is 1. The van der Waals surface area contributed by atoms with Gasteiger partial charge in [0, 0.05) is 12.7 Å². The molecule has 0 aliphatic carbocycles. The van der Waals surface area contributed by atoms with Gasteiger partial charge in [0.1, 0.15) is 16.6 Å². The molecule has 0 aliphatic heterocycles. The molecule has 3 rings (SSSR count). The smallest absolute Gasteiger partial charge is 0.236 e. The average molecular weight is 436 g/mol. The van der Waals surface area contributed by atoms with Crippen molar-refractivity contribution in [2.45, 2.75) is 24.9 Å². The van der Waals surface area contributed by atoms with Crippen LogP contribution in [-0.2, 0) is 29.5 Å². The van der Waals surface area contributed by atoms with Crippen LogP contribution in [0.5, 0.6) is 0 Å². The SMILES string of the molecule is CCc1nnc(NC(=O)CSc2nnc(CC(=O)Nc3ccc(F)cc3)n2C)s1. The quantitative estimate of drug-likeness (QED) is 0.522. The molecule has 2 aromatic heterocycles. The first-order chi connectivity index (χ1) is 13.9. The van der Waals surface area contributed by atoms with Crippen molar-refractivity contribution >= 4 is 45.7 Å². The molecule has 0 fully saturated rings. The number of benzene rings is 1. The summed E-state index contributed by atoms with van der Waals surface area (Å²) in [6.45, 7) is 1.97. The van der Waals surface area contributed by atoms with Gasteiger partial charge in [0.25, 0.3) is 0 Å². The standard InChI is InChI=1S/C17H18FN7O2S2/c1-3-15-22-23-16(29-15)20-14(27)9-28-17-24-21-12(25(17)2)8-13(26)19-11-6-4-10(18)5-7-11/h4-7H,3,8-9H2,1-2H3,(H,19,26)(H,20,23,27). The molecule has 0 atom stereocenters. The monoisotopic (exact) mass is 435 g/mol. The van der Waals surface area contributed by atoms with Gasteiger partial charge in [-0.15, -0.1) is 20.4 Å². The van der Waals surface area contributed by atoms with Gasteiger partial charge in [-0.05, 0) is 30.7 Å². The van der Waals surface area contributed by atoms with Crippen LogP contribution in [0.4, 0.5) is 15.2 Å². The van der Waals surface area contributed by atoms with E-state index in [-0.39, 0.29) is 29.8 Å². The third-order valence-corrected chi connectivity index (χ3v) is 5.72. The molecule has 152 valence electrons. The highest BCUT2D eigenvalue weighted by molar-refractivity contribution is 7.99. The third-order valence-electron chi connectivity index (χ3n) is 3.72. The van der Waals surface area contributed by atoms with E-state index < -0.39 is 0 Å². The van der Waals surface area contributed by atoms with Crippen LogP contribution in [0.1, 0.15) is 17.8 Å². The fourth-order valence-corrected chi connectivity index (χ4v) is 3.66. The zero-order valence-corrected chi connectivity index (χ0v) is 17.3. The van der Waals surface area contributed by atoms with E-state index in [1.54, 1.807) is 11.6 Å². The Morgan fingerprint density at radius 3 is 2.55 bits per heavy atom. The van der Waals surface area contributed by atoms with E-state index >= 15 is 0 Å². The van der Waals surface area contributed by atoms with Crippen molar-refractivity contribution in [3.63, 3.8) is 0 Å². The molecule has 12 heteroatoms. The van der Waals surface area contributed by atoms with Crippen LogP contribution in [0.3, 0.4) is 0 Å². The fourth-order valence-electron chi connectivity index (χ4n) is 2.24. The number of carbonyl (C=O) groups excluding carboxylic acids is 2. The molecule has 0 aliphatic rings. The minimum absolute atomic E-state index is 0.00177. The number of amides is 2. The van der Waals surface area contributed by atoms with E-state index in [1.165, 1.54) is 47.4 Å². The Kier molecular flexibility index (Phi) is 6.88. The molecule has 0 radical (unpaired) electrons. The zero-order valence-electron chi connectivity index (χ0n) is 15.7. The van der Waals surface area contributed by atoms with Crippen molar-refractivity contribution in [1.82, 2.24) is 25.0 Å². The number of aryl methyl sites for hydroxylation is 1. The number of hydrogen-bond donors (Lipinski definition) is 2. The summed E-state index contributed by atoms with van der Waals surface area (Å²) in [5.41, 5.74) is 0.493. The second kappa shape index (κ2) is 9.56. The first-order valence-electron chi connectivity index (χ1n) is 8.63. The highest BCUT2D eigenvalue weighted by Crippen LogP contribution is 2.19. The maximum Gasteiger partial charge on any atom is 0.236 e. The molecular weight excluding hydrogens is 417 g/mol. The highest BCUT2D eigenvalue weighted by atomic mass is 32.2. The lowest BCUT2D eigenvalue weighted by molar-refractivity contribution is -0.116. The second-order valence-electron chi connectivity index (χ2n) is 5.88. The molecule has 1 aromatic carbocycles. The molecular formula is C17H18FN7O2S2. The van der Waals surface area contributed by atoms with Gasteiger partial charge < -0.3 is 9.88 Å². The number of anilines is 2. The van der Waals surface area contributed by atoms with Crippen molar-refractivity contribution in [3.05, 3.63) is 40.9 Å². The normalized spacial score (nSPS) is 10.7. The fraction of sp³-hybridized carbons (Fsp3) is 0.294. The van der Waals surface area contributed by atoms with Gasteiger partial charge in [-0.3, -0.25) is 14.9 Å². The van der Waals surface area contributed by atoms with Gasteiger partial charge in [0.2, 0.25) is 16.9 Å². The molecule has 29 heavy (non-hydrogen) atoms. The highest BCUT2D eigenvalue weighted by Gasteiger charge is 2.15. The van der Waals surface area contributed by atoms with Gasteiger partial charge >= 0.3 is 0 Å². The topological polar surface area (TPSA) is 115 Å². The van der Waals surface area contributed by atoms with Gasteiger partial charge in [0.05, 0.1) is 12.2 Å². The average Bonchev–Trinajstić information content (AvgIpc) is 3.29. The Bertz CT molecular complexity index is 1000. The lowest BCUT2D eigenvalue weighted by atomic mass is 10.3. The van der Waals surface area contributed by atoms with Crippen LogP contribution in [0.15, 0.2) is 29.4 Å². The predicted molar refractivity (Wildman–Crippen MR) is 108 cm³/mol. The van der Waals surface area contributed by atoms with Crippen molar-refractivity contribution < 1.29 is 14.0 Å². The first kappa shape index (κ1) is 20.9. The molecule has 2 heterocycles. The number of nitrogens with one attached hydrogen (secondary N) is 2. The van der Waals surface area contributed by atoms with Gasteiger partial charge in [-0.2, -0.15) is 0 Å². The third kappa shape index (κ3) is 5.81. The number of thioether (sulfide) groups is 1.